The number of amides is 1. The first-order valence-electron chi connectivity index (χ1n) is 8.74. The van der Waals surface area contributed by atoms with Crippen LogP contribution in [-0.4, -0.2) is 24.7 Å². The number of nitrogens with one attached hydrogen (secondary N) is 1. The van der Waals surface area contributed by atoms with Crippen molar-refractivity contribution in [1.82, 2.24) is 4.31 Å². The highest BCUT2D eigenvalue weighted by Crippen LogP contribution is 2.31. The van der Waals surface area contributed by atoms with Crippen LogP contribution in [0.4, 0.5) is 14.5 Å². The molecule has 1 unspecified atom stereocenters. The number of rotatable bonds is 4. The van der Waals surface area contributed by atoms with E-state index in [-0.39, 0.29) is 22.9 Å². The molecule has 0 saturated carbocycles. The fourth-order valence-electron chi connectivity index (χ4n) is 3.31. The summed E-state index contributed by atoms with van der Waals surface area (Å²) >= 11 is 1.06. The predicted octanol–water partition coefficient (Wildman–Crippen LogP) is 3.78. The van der Waals surface area contributed by atoms with Crippen molar-refractivity contribution in [2.45, 2.75) is 23.2 Å². The molecule has 3 aromatic rings. The van der Waals surface area contributed by atoms with Crippen LogP contribution in [-0.2, 0) is 27.8 Å². The molecule has 1 atom stereocenters. The lowest BCUT2D eigenvalue weighted by Crippen LogP contribution is -2.50. The Labute approximate surface area is 170 Å². The third-order valence-electron chi connectivity index (χ3n) is 4.76. The molecule has 0 fully saturated rings. The quantitative estimate of drug-likeness (QED) is 0.680. The molecule has 150 valence electrons. The molecule has 0 spiro atoms. The number of carbonyl (C=O) groups excluding carboxylic acids is 1. The molecule has 2 aromatic carbocycles. The van der Waals surface area contributed by atoms with Gasteiger partial charge in [0.25, 0.3) is 10.0 Å². The summed E-state index contributed by atoms with van der Waals surface area (Å²) in [6.07, 6.45) is 0.148. The van der Waals surface area contributed by atoms with E-state index in [4.69, 9.17) is 0 Å². The minimum atomic E-state index is -3.93. The Balaban J connectivity index is 1.71. The summed E-state index contributed by atoms with van der Waals surface area (Å²) in [5.41, 5.74) is 1.46. The van der Waals surface area contributed by atoms with E-state index in [9.17, 15) is 22.0 Å². The highest BCUT2D eigenvalue weighted by Gasteiger charge is 2.40. The standard InChI is InChI=1S/C20H16F2N2O3S2/c21-15-7-8-17(16(22)11-15)23-20(25)18-10-13-4-1-2-5-14(13)12-24(18)29(26,27)19-6-3-9-28-19/h1-9,11,18H,10,12H2,(H,23,25). The molecular weight excluding hydrogens is 418 g/mol. The first kappa shape index (κ1) is 19.7. The third-order valence-corrected chi connectivity index (χ3v) is 7.98. The van der Waals surface area contributed by atoms with Crippen molar-refractivity contribution >= 4 is 33.0 Å². The fourth-order valence-corrected chi connectivity index (χ4v) is 5.99. The van der Waals surface area contributed by atoms with Crippen LogP contribution >= 0.6 is 11.3 Å². The number of hydrogen-bond donors (Lipinski definition) is 1. The van der Waals surface area contributed by atoms with E-state index in [0.717, 1.165) is 38.9 Å². The van der Waals surface area contributed by atoms with Crippen molar-refractivity contribution in [2.75, 3.05) is 5.32 Å². The number of anilines is 1. The van der Waals surface area contributed by atoms with Crippen LogP contribution in [0.3, 0.4) is 0 Å². The molecule has 1 aliphatic heterocycles. The molecule has 4 rings (SSSR count). The van der Waals surface area contributed by atoms with Crippen molar-refractivity contribution in [3.8, 4) is 0 Å². The van der Waals surface area contributed by atoms with Gasteiger partial charge in [-0.05, 0) is 41.1 Å². The van der Waals surface area contributed by atoms with Gasteiger partial charge in [0.15, 0.2) is 0 Å². The van der Waals surface area contributed by atoms with Gasteiger partial charge < -0.3 is 5.32 Å². The van der Waals surface area contributed by atoms with Gasteiger partial charge in [0.05, 0.1) is 5.69 Å². The van der Waals surface area contributed by atoms with E-state index in [1.54, 1.807) is 11.4 Å². The van der Waals surface area contributed by atoms with Crippen molar-refractivity contribution in [3.63, 3.8) is 0 Å². The zero-order chi connectivity index (χ0) is 20.6. The van der Waals surface area contributed by atoms with Crippen LogP contribution in [0.15, 0.2) is 64.2 Å². The van der Waals surface area contributed by atoms with Crippen LogP contribution in [0, 0.1) is 11.6 Å². The van der Waals surface area contributed by atoms with Gasteiger partial charge in [0.2, 0.25) is 5.91 Å². The monoisotopic (exact) mass is 434 g/mol. The molecule has 0 aliphatic carbocycles. The van der Waals surface area contributed by atoms with Gasteiger partial charge in [-0.15, -0.1) is 11.3 Å². The van der Waals surface area contributed by atoms with Gasteiger partial charge in [-0.3, -0.25) is 4.79 Å². The summed E-state index contributed by atoms with van der Waals surface area (Å²) < 4.78 is 54.7. The molecule has 9 heteroatoms. The molecule has 2 heterocycles. The second-order valence-corrected chi connectivity index (χ2v) is 9.65. The van der Waals surface area contributed by atoms with Gasteiger partial charge in [0.1, 0.15) is 21.9 Å². The topological polar surface area (TPSA) is 66.5 Å². The van der Waals surface area contributed by atoms with Gasteiger partial charge in [-0.1, -0.05) is 30.3 Å². The summed E-state index contributed by atoms with van der Waals surface area (Å²) in [5.74, 6) is -2.37. The number of thiophene rings is 1. The largest absolute Gasteiger partial charge is 0.322 e. The lowest BCUT2D eigenvalue weighted by Gasteiger charge is -2.34. The van der Waals surface area contributed by atoms with Crippen LogP contribution in [0.5, 0.6) is 0 Å². The Morgan fingerprint density at radius 3 is 2.52 bits per heavy atom. The predicted molar refractivity (Wildman–Crippen MR) is 106 cm³/mol. The van der Waals surface area contributed by atoms with Gasteiger partial charge in [-0.25, -0.2) is 17.2 Å². The zero-order valence-electron chi connectivity index (χ0n) is 15.0. The van der Waals surface area contributed by atoms with Gasteiger partial charge >= 0.3 is 0 Å². The van der Waals surface area contributed by atoms with Crippen molar-refractivity contribution in [2.24, 2.45) is 0 Å². The van der Waals surface area contributed by atoms with Crippen LogP contribution < -0.4 is 5.32 Å². The molecule has 1 aliphatic rings. The lowest BCUT2D eigenvalue weighted by atomic mass is 9.95. The maximum absolute atomic E-state index is 14.0. The molecule has 1 amide bonds. The zero-order valence-corrected chi connectivity index (χ0v) is 16.6. The summed E-state index contributed by atoms with van der Waals surface area (Å²) in [6.45, 7) is 0.0282. The highest BCUT2D eigenvalue weighted by atomic mass is 32.2. The van der Waals surface area contributed by atoms with E-state index >= 15 is 0 Å². The number of halogens is 2. The summed E-state index contributed by atoms with van der Waals surface area (Å²) in [7, 11) is -3.93. The number of benzene rings is 2. The van der Waals surface area contributed by atoms with E-state index < -0.39 is 33.6 Å². The van der Waals surface area contributed by atoms with Gasteiger partial charge in [-0.2, -0.15) is 4.31 Å². The Morgan fingerprint density at radius 1 is 1.07 bits per heavy atom. The lowest BCUT2D eigenvalue weighted by molar-refractivity contribution is -0.120. The molecule has 0 bridgehead atoms. The maximum atomic E-state index is 14.0. The Hall–Kier alpha value is -2.62. The number of carbonyl (C=O) groups is 1. The average Bonchev–Trinajstić information content (AvgIpc) is 3.25. The van der Waals surface area contributed by atoms with Crippen LogP contribution in [0.25, 0.3) is 0 Å². The van der Waals surface area contributed by atoms with Crippen LogP contribution in [0.2, 0.25) is 0 Å². The maximum Gasteiger partial charge on any atom is 0.253 e. The summed E-state index contributed by atoms with van der Waals surface area (Å²) in [5, 5.41) is 4.05. The molecular formula is C20H16F2N2O3S2. The third kappa shape index (κ3) is 3.81. The molecule has 1 N–H and O–H groups in total. The van der Waals surface area contributed by atoms with Crippen LogP contribution in [0.1, 0.15) is 11.1 Å². The smallest absolute Gasteiger partial charge is 0.253 e. The van der Waals surface area contributed by atoms with Crippen molar-refractivity contribution in [3.05, 3.63) is 82.7 Å². The SMILES string of the molecule is O=C(Nc1ccc(F)cc1F)C1Cc2ccccc2CN1S(=O)(=O)c1cccs1. The minimum Gasteiger partial charge on any atom is -0.322 e. The Bertz CT molecular complexity index is 1160. The molecule has 0 saturated heterocycles. The fraction of sp³-hybridized carbons (Fsp3) is 0.150. The molecule has 0 radical (unpaired) electrons. The number of sulfonamides is 1. The summed E-state index contributed by atoms with van der Waals surface area (Å²) in [6, 6.07) is 12.1. The van der Waals surface area contributed by atoms with E-state index in [1.807, 2.05) is 24.3 Å². The first-order chi connectivity index (χ1) is 13.9. The summed E-state index contributed by atoms with van der Waals surface area (Å²) in [4.78, 5) is 13.0. The molecule has 1 aromatic heterocycles. The van der Waals surface area contributed by atoms with Gasteiger partial charge in [0, 0.05) is 12.6 Å². The Kier molecular flexibility index (Phi) is 5.20. The first-order valence-corrected chi connectivity index (χ1v) is 11.1. The number of hydrogen-bond acceptors (Lipinski definition) is 4. The highest BCUT2D eigenvalue weighted by molar-refractivity contribution is 7.91. The molecule has 5 nitrogen and oxygen atoms in total. The minimum absolute atomic E-state index is 0.0282. The van der Waals surface area contributed by atoms with Crippen molar-refractivity contribution < 1.29 is 22.0 Å². The molecule has 29 heavy (non-hydrogen) atoms. The Morgan fingerprint density at radius 2 is 1.83 bits per heavy atom. The van der Waals surface area contributed by atoms with E-state index in [2.05, 4.69) is 5.32 Å². The average molecular weight is 434 g/mol. The van der Waals surface area contributed by atoms with Crippen molar-refractivity contribution in [1.29, 1.82) is 0 Å². The second kappa shape index (κ2) is 7.66. The van der Waals surface area contributed by atoms with E-state index in [0.29, 0.717) is 6.07 Å². The normalized spacial score (nSPS) is 17.0. The number of fused-ring (bicyclic) bond motifs is 1. The number of nitrogens with zero attached hydrogens (tertiary/aromatic N) is 1. The van der Waals surface area contributed by atoms with E-state index in [1.165, 1.54) is 6.07 Å². The second-order valence-electron chi connectivity index (χ2n) is 6.58.